The van der Waals surface area contributed by atoms with Crippen molar-refractivity contribution in [3.8, 4) is 12.3 Å². The van der Waals surface area contributed by atoms with E-state index in [2.05, 4.69) is 28.9 Å². The summed E-state index contributed by atoms with van der Waals surface area (Å²) in [6, 6.07) is 0. The Labute approximate surface area is 139 Å². The lowest BCUT2D eigenvalue weighted by Crippen LogP contribution is -2.32. The molecule has 0 saturated carbocycles. The summed E-state index contributed by atoms with van der Waals surface area (Å²) in [6.45, 7) is 14.8. The Balaban J connectivity index is 0. The van der Waals surface area contributed by atoms with Crippen LogP contribution >= 0.6 is 0 Å². The Morgan fingerprint density at radius 3 is 1.83 bits per heavy atom. The van der Waals surface area contributed by atoms with Crippen molar-refractivity contribution >= 4 is 12.2 Å². The van der Waals surface area contributed by atoms with E-state index in [9.17, 15) is 9.59 Å². The minimum absolute atomic E-state index is 0.203. The van der Waals surface area contributed by atoms with E-state index in [4.69, 9.17) is 15.9 Å². The Bertz CT molecular complexity index is 458. The summed E-state index contributed by atoms with van der Waals surface area (Å²) < 4.78 is 9.86. The molecule has 23 heavy (non-hydrogen) atoms. The molecule has 2 N–H and O–H groups in total. The fraction of sp³-hybridized carbons (Fsp3) is 0.588. The predicted octanol–water partition coefficient (Wildman–Crippen LogP) is 3.00. The van der Waals surface area contributed by atoms with E-state index in [1.165, 1.54) is 0 Å². The van der Waals surface area contributed by atoms with E-state index in [1.807, 2.05) is 20.8 Å². The number of amides is 2. The van der Waals surface area contributed by atoms with Crippen molar-refractivity contribution in [3.05, 3.63) is 18.4 Å². The fourth-order valence-corrected chi connectivity index (χ4v) is 0.958. The molecule has 2 amide bonds. The Morgan fingerprint density at radius 2 is 1.48 bits per heavy atom. The van der Waals surface area contributed by atoms with Gasteiger partial charge in [-0.05, 0) is 47.6 Å². The van der Waals surface area contributed by atoms with Crippen molar-refractivity contribution in [1.82, 2.24) is 10.6 Å². The van der Waals surface area contributed by atoms with Crippen molar-refractivity contribution in [2.75, 3.05) is 13.1 Å². The smallest absolute Gasteiger partial charge is 0.408 e. The molecule has 0 aliphatic carbocycles. The fourth-order valence-electron chi connectivity index (χ4n) is 0.958. The SMILES string of the molecule is C#CCNC(=O)OC(C)(C)C.C=C=CCNC(=O)OC(C)(C)C. The summed E-state index contributed by atoms with van der Waals surface area (Å²) in [5, 5.41) is 4.91. The van der Waals surface area contributed by atoms with Gasteiger partial charge in [-0.2, -0.15) is 0 Å². The zero-order chi connectivity index (χ0) is 18.5. The van der Waals surface area contributed by atoms with Crippen LogP contribution in [0.15, 0.2) is 18.4 Å². The molecule has 0 spiro atoms. The van der Waals surface area contributed by atoms with Crippen LogP contribution in [0.25, 0.3) is 0 Å². The molecule has 0 fully saturated rings. The highest BCUT2D eigenvalue weighted by atomic mass is 16.6. The summed E-state index contributed by atoms with van der Waals surface area (Å²) in [5.41, 5.74) is 1.64. The topological polar surface area (TPSA) is 76.7 Å². The average Bonchev–Trinajstić information content (AvgIpc) is 2.33. The molecular weight excluding hydrogens is 296 g/mol. The van der Waals surface area contributed by atoms with E-state index in [-0.39, 0.29) is 6.54 Å². The molecule has 0 aromatic heterocycles. The molecule has 0 heterocycles. The maximum atomic E-state index is 10.9. The van der Waals surface area contributed by atoms with Crippen molar-refractivity contribution < 1.29 is 19.1 Å². The van der Waals surface area contributed by atoms with Gasteiger partial charge >= 0.3 is 12.2 Å². The van der Waals surface area contributed by atoms with Gasteiger partial charge in [0.1, 0.15) is 11.2 Å². The van der Waals surface area contributed by atoms with Gasteiger partial charge in [0.15, 0.2) is 0 Å². The third kappa shape index (κ3) is 22.1. The first-order valence-corrected chi connectivity index (χ1v) is 7.12. The van der Waals surface area contributed by atoms with Gasteiger partial charge in [-0.15, -0.1) is 12.2 Å². The van der Waals surface area contributed by atoms with Crippen LogP contribution in [-0.2, 0) is 9.47 Å². The molecule has 0 rings (SSSR count). The van der Waals surface area contributed by atoms with E-state index < -0.39 is 23.4 Å². The lowest BCUT2D eigenvalue weighted by molar-refractivity contribution is 0.0523. The largest absolute Gasteiger partial charge is 0.444 e. The number of hydrogen-bond acceptors (Lipinski definition) is 4. The van der Waals surface area contributed by atoms with Crippen LogP contribution in [0.5, 0.6) is 0 Å². The number of carbonyl (C=O) groups excluding carboxylic acids is 2. The van der Waals surface area contributed by atoms with Crippen LogP contribution in [0.1, 0.15) is 41.5 Å². The normalized spacial score (nSPS) is 9.96. The summed E-state index contributed by atoms with van der Waals surface area (Å²) >= 11 is 0. The highest BCUT2D eigenvalue weighted by molar-refractivity contribution is 5.68. The first kappa shape index (κ1) is 22.9. The third-order valence-corrected chi connectivity index (χ3v) is 1.63. The van der Waals surface area contributed by atoms with Gasteiger partial charge < -0.3 is 20.1 Å². The molecule has 0 aromatic rings. The van der Waals surface area contributed by atoms with Gasteiger partial charge in [0.25, 0.3) is 0 Å². The van der Waals surface area contributed by atoms with Crippen LogP contribution in [0.3, 0.4) is 0 Å². The predicted molar refractivity (Wildman–Crippen MR) is 91.0 cm³/mol. The second kappa shape index (κ2) is 11.2. The summed E-state index contributed by atoms with van der Waals surface area (Å²) in [6.07, 6.45) is 5.64. The van der Waals surface area contributed by atoms with Gasteiger partial charge in [0.05, 0.1) is 6.54 Å². The van der Waals surface area contributed by atoms with Gasteiger partial charge in [-0.25, -0.2) is 9.59 Å². The van der Waals surface area contributed by atoms with Gasteiger partial charge in [0, 0.05) is 6.54 Å². The van der Waals surface area contributed by atoms with Crippen molar-refractivity contribution in [1.29, 1.82) is 0 Å². The molecular formula is C17H28N2O4. The number of terminal acetylenes is 1. The van der Waals surface area contributed by atoms with E-state index in [1.54, 1.807) is 26.8 Å². The number of rotatable bonds is 3. The second-order valence-electron chi connectivity index (χ2n) is 6.35. The summed E-state index contributed by atoms with van der Waals surface area (Å²) in [4.78, 5) is 21.7. The molecule has 0 bridgehead atoms. The average molecular weight is 324 g/mol. The maximum absolute atomic E-state index is 10.9. The second-order valence-corrected chi connectivity index (χ2v) is 6.35. The molecule has 0 aromatic carbocycles. The van der Waals surface area contributed by atoms with Gasteiger partial charge in [0.2, 0.25) is 0 Å². The van der Waals surface area contributed by atoms with Crippen molar-refractivity contribution in [3.63, 3.8) is 0 Å². The minimum Gasteiger partial charge on any atom is -0.444 e. The number of carbonyl (C=O) groups is 2. The zero-order valence-corrected chi connectivity index (χ0v) is 14.9. The lowest BCUT2D eigenvalue weighted by atomic mass is 10.2. The Morgan fingerprint density at radius 1 is 1.04 bits per heavy atom. The molecule has 0 unspecified atom stereocenters. The van der Waals surface area contributed by atoms with Crippen LogP contribution in [0.4, 0.5) is 9.59 Å². The maximum Gasteiger partial charge on any atom is 0.408 e. The summed E-state index contributed by atoms with van der Waals surface area (Å²) in [5.74, 6) is 2.27. The van der Waals surface area contributed by atoms with Gasteiger partial charge in [-0.1, -0.05) is 12.5 Å². The minimum atomic E-state index is -0.476. The molecule has 0 saturated heterocycles. The monoisotopic (exact) mass is 324 g/mol. The standard InChI is InChI=1S/C9H15NO2.C8H13NO2/c1-5-6-7-10-8(11)12-9(2,3)4;1-5-6-9-7(10)11-8(2,3)4/h6H,1,7H2,2-4H3,(H,10,11);1H,6H2,2-4H3,(H,9,10). The molecule has 130 valence electrons. The number of ether oxygens (including phenoxy) is 2. The zero-order valence-electron chi connectivity index (χ0n) is 14.9. The molecule has 0 radical (unpaired) electrons. The number of nitrogens with one attached hydrogen (secondary N) is 2. The Kier molecular flexibility index (Phi) is 11.2. The molecule has 6 heteroatoms. The lowest BCUT2D eigenvalue weighted by Gasteiger charge is -2.19. The molecule has 0 aliphatic heterocycles. The number of alkyl carbamates (subject to hydrolysis) is 2. The molecule has 0 aliphatic rings. The quantitative estimate of drug-likeness (QED) is 0.618. The molecule has 6 nitrogen and oxygen atoms in total. The van der Waals surface area contributed by atoms with E-state index in [0.29, 0.717) is 6.54 Å². The number of hydrogen-bond donors (Lipinski definition) is 2. The Hall–Kier alpha value is -2.38. The highest BCUT2D eigenvalue weighted by Crippen LogP contribution is 2.06. The van der Waals surface area contributed by atoms with Gasteiger partial charge in [-0.3, -0.25) is 0 Å². The van der Waals surface area contributed by atoms with Crippen molar-refractivity contribution in [2.45, 2.75) is 52.7 Å². The van der Waals surface area contributed by atoms with Crippen LogP contribution in [0, 0.1) is 12.3 Å². The summed E-state index contributed by atoms with van der Waals surface area (Å²) in [7, 11) is 0. The first-order chi connectivity index (χ1) is 10.4. The van der Waals surface area contributed by atoms with Crippen LogP contribution in [0.2, 0.25) is 0 Å². The third-order valence-electron chi connectivity index (χ3n) is 1.63. The highest BCUT2D eigenvalue weighted by Gasteiger charge is 2.15. The van der Waals surface area contributed by atoms with E-state index >= 15 is 0 Å². The van der Waals surface area contributed by atoms with Crippen LogP contribution < -0.4 is 10.6 Å². The molecule has 0 atom stereocenters. The van der Waals surface area contributed by atoms with Crippen LogP contribution in [-0.4, -0.2) is 36.5 Å². The first-order valence-electron chi connectivity index (χ1n) is 7.12. The van der Waals surface area contributed by atoms with E-state index in [0.717, 1.165) is 0 Å². The van der Waals surface area contributed by atoms with Crippen molar-refractivity contribution in [2.24, 2.45) is 0 Å².